The van der Waals surface area contributed by atoms with Gasteiger partial charge in [0.15, 0.2) is 14.4 Å². The summed E-state index contributed by atoms with van der Waals surface area (Å²) in [5.41, 5.74) is -0.889. The van der Waals surface area contributed by atoms with Crippen molar-refractivity contribution in [3.8, 4) is 0 Å². The van der Waals surface area contributed by atoms with Gasteiger partial charge in [-0.1, -0.05) is 32.4 Å². The van der Waals surface area contributed by atoms with E-state index in [0.717, 1.165) is 0 Å². The molecule has 0 aromatic rings. The molecule has 148 valence electrons. The van der Waals surface area contributed by atoms with Crippen LogP contribution in [0, 0.1) is 15.5 Å². The molecule has 0 N–H and O–H groups in total. The third-order valence-electron chi connectivity index (χ3n) is 4.14. The highest BCUT2D eigenvalue weighted by molar-refractivity contribution is 6.74. The highest BCUT2D eigenvalue weighted by atomic mass is 35.5. The van der Waals surface area contributed by atoms with Crippen LogP contribution < -0.4 is 0 Å². The van der Waals surface area contributed by atoms with Crippen LogP contribution in [0.4, 0.5) is 0 Å². The van der Waals surface area contributed by atoms with Gasteiger partial charge in [0.2, 0.25) is 0 Å². The van der Waals surface area contributed by atoms with Crippen molar-refractivity contribution in [2.45, 2.75) is 58.9 Å². The van der Waals surface area contributed by atoms with E-state index in [1.165, 1.54) is 0 Å². The summed E-state index contributed by atoms with van der Waals surface area (Å²) in [6, 6.07) is -0.226. The number of carbonyl (C=O) groups is 1. The van der Waals surface area contributed by atoms with Crippen LogP contribution in [-0.2, 0) is 23.5 Å². The van der Waals surface area contributed by atoms with Crippen LogP contribution in [0.25, 0.3) is 0 Å². The zero-order valence-electron chi connectivity index (χ0n) is 16.1. The Morgan fingerprint density at radius 1 is 1.20 bits per heavy atom. The molecular weight excluding hydrogens is 370 g/mol. The van der Waals surface area contributed by atoms with E-state index in [9.17, 15) is 14.9 Å². The van der Waals surface area contributed by atoms with Gasteiger partial charge in [-0.15, -0.1) is 10.1 Å². The minimum atomic E-state index is -2.16. The summed E-state index contributed by atoms with van der Waals surface area (Å²) < 4.78 is 16.5. The summed E-state index contributed by atoms with van der Waals surface area (Å²) in [6.45, 7) is 13.5. The molecule has 0 aliphatic rings. The molecule has 0 rings (SSSR count). The second-order valence-electron chi connectivity index (χ2n) is 7.96. The van der Waals surface area contributed by atoms with Crippen molar-refractivity contribution in [2.24, 2.45) is 5.41 Å². The number of halogens is 1. The van der Waals surface area contributed by atoms with Gasteiger partial charge in [-0.3, -0.25) is 4.79 Å². The van der Waals surface area contributed by atoms with Crippen molar-refractivity contribution in [3.05, 3.63) is 10.1 Å². The Bertz CT molecular complexity index is 452. The third kappa shape index (κ3) is 8.84. The molecule has 0 amide bonds. The van der Waals surface area contributed by atoms with E-state index in [4.69, 9.17) is 25.5 Å². The van der Waals surface area contributed by atoms with Gasteiger partial charge >= 0.3 is 5.97 Å². The normalized spacial score (nSPS) is 14.1. The highest BCUT2D eigenvalue weighted by Gasteiger charge is 2.39. The van der Waals surface area contributed by atoms with E-state index in [-0.39, 0.29) is 30.9 Å². The molecule has 0 fully saturated rings. The zero-order valence-corrected chi connectivity index (χ0v) is 17.8. The Kier molecular flexibility index (Phi) is 9.35. The number of rotatable bonds is 11. The van der Waals surface area contributed by atoms with Crippen molar-refractivity contribution in [1.82, 2.24) is 0 Å². The lowest BCUT2D eigenvalue weighted by molar-refractivity contribution is -0.759. The third-order valence-corrected chi connectivity index (χ3v) is 8.78. The molecule has 1 atom stereocenters. The molecule has 8 nitrogen and oxygen atoms in total. The zero-order chi connectivity index (χ0) is 19.9. The molecule has 0 spiro atoms. The van der Waals surface area contributed by atoms with Gasteiger partial charge in [-0.05, 0) is 32.0 Å². The van der Waals surface area contributed by atoms with Crippen LogP contribution in [0.15, 0.2) is 0 Å². The molecule has 0 aromatic heterocycles. The average Bonchev–Trinajstić information content (AvgIpc) is 2.43. The predicted octanol–water partition coefficient (Wildman–Crippen LogP) is 3.37. The molecule has 0 saturated heterocycles. The van der Waals surface area contributed by atoms with Gasteiger partial charge in [0.1, 0.15) is 6.61 Å². The summed E-state index contributed by atoms with van der Waals surface area (Å²) in [5, 5.41) is 9.56. The summed E-state index contributed by atoms with van der Waals surface area (Å²) in [5.74, 6) is -0.481. The van der Waals surface area contributed by atoms with E-state index in [0.29, 0.717) is 0 Å². The molecule has 25 heavy (non-hydrogen) atoms. The lowest BCUT2D eigenvalue weighted by Gasteiger charge is -2.39. The first-order chi connectivity index (χ1) is 11.2. The molecule has 0 aliphatic carbocycles. The monoisotopic (exact) mass is 399 g/mol. The van der Waals surface area contributed by atoms with Crippen LogP contribution in [-0.4, -0.2) is 51.4 Å². The molecule has 1 unspecified atom stereocenters. The van der Waals surface area contributed by atoms with Crippen LogP contribution in [0.1, 0.15) is 34.6 Å². The van der Waals surface area contributed by atoms with Crippen LogP contribution in [0.3, 0.4) is 0 Å². The van der Waals surface area contributed by atoms with E-state index in [1.54, 1.807) is 13.8 Å². The predicted molar refractivity (Wildman–Crippen MR) is 96.4 cm³/mol. The van der Waals surface area contributed by atoms with E-state index < -0.39 is 30.9 Å². The van der Waals surface area contributed by atoms with Crippen LogP contribution in [0.2, 0.25) is 18.1 Å². The largest absolute Gasteiger partial charge is 0.449 e. The lowest BCUT2D eigenvalue weighted by Crippen LogP contribution is -2.47. The summed E-state index contributed by atoms with van der Waals surface area (Å²) in [6.07, 6.45) is -0.605. The van der Waals surface area contributed by atoms with Crippen LogP contribution >= 0.6 is 11.6 Å². The van der Waals surface area contributed by atoms with Crippen LogP contribution in [0.5, 0.6) is 0 Å². The molecule has 0 radical (unpaired) electrons. The van der Waals surface area contributed by atoms with E-state index >= 15 is 0 Å². The van der Waals surface area contributed by atoms with Crippen molar-refractivity contribution >= 4 is 25.9 Å². The van der Waals surface area contributed by atoms with Gasteiger partial charge in [0.25, 0.3) is 5.09 Å². The molecule has 0 aromatic carbocycles. The maximum Gasteiger partial charge on any atom is 0.315 e. The first-order valence-corrected chi connectivity index (χ1v) is 11.4. The van der Waals surface area contributed by atoms with Gasteiger partial charge in [0.05, 0.1) is 24.7 Å². The van der Waals surface area contributed by atoms with Crippen molar-refractivity contribution in [2.75, 3.05) is 25.9 Å². The van der Waals surface area contributed by atoms with Gasteiger partial charge in [0, 0.05) is 0 Å². The maximum atomic E-state index is 11.8. The summed E-state index contributed by atoms with van der Waals surface area (Å²) in [4.78, 5) is 26.7. The summed E-state index contributed by atoms with van der Waals surface area (Å²) in [7, 11) is -2.16. The van der Waals surface area contributed by atoms with Crippen molar-refractivity contribution < 1.29 is 28.6 Å². The van der Waals surface area contributed by atoms with Gasteiger partial charge < -0.3 is 18.7 Å². The highest BCUT2D eigenvalue weighted by Crippen LogP contribution is 2.37. The van der Waals surface area contributed by atoms with Crippen molar-refractivity contribution in [1.29, 1.82) is 0 Å². The fourth-order valence-electron chi connectivity index (χ4n) is 1.60. The SMILES string of the molecule is CC(C)(COCC(CO[N+](=O)[O-])O[Si](C)(C)C(C)(C)C)C(=O)OCCl. The van der Waals surface area contributed by atoms with E-state index in [2.05, 4.69) is 25.6 Å². The Hall–Kier alpha value is -0.903. The Labute approximate surface area is 155 Å². The molecule has 0 bridgehead atoms. The molecular formula is C15H30ClNO7Si. The lowest BCUT2D eigenvalue weighted by atomic mass is 9.95. The fourth-order valence-corrected chi connectivity index (χ4v) is 3.03. The first-order valence-electron chi connectivity index (χ1n) is 7.99. The number of nitrogens with zero attached hydrogens (tertiary/aromatic N) is 1. The summed E-state index contributed by atoms with van der Waals surface area (Å²) >= 11 is 5.39. The second-order valence-corrected chi connectivity index (χ2v) is 12.9. The minimum absolute atomic E-state index is 0.0662. The Morgan fingerprint density at radius 2 is 1.76 bits per heavy atom. The number of hydrogen-bond acceptors (Lipinski definition) is 7. The second kappa shape index (κ2) is 9.70. The standard InChI is InChI=1S/C15H30ClNO7Si/c1-14(2,3)25(6,7)24-12(9-23-17(19)20)8-21-10-15(4,5)13(18)22-11-16/h12H,8-11H2,1-7H3. The topological polar surface area (TPSA) is 97.1 Å². The average molecular weight is 400 g/mol. The Balaban J connectivity index is 4.80. The van der Waals surface area contributed by atoms with Gasteiger partial charge in [-0.25, -0.2) is 0 Å². The minimum Gasteiger partial charge on any atom is -0.449 e. The number of alkyl halides is 1. The maximum absolute atomic E-state index is 11.8. The quantitative estimate of drug-likeness (QED) is 0.173. The first kappa shape index (κ1) is 24.1. The molecule has 0 aliphatic heterocycles. The number of ether oxygens (including phenoxy) is 2. The molecule has 0 saturated carbocycles. The molecule has 0 heterocycles. The molecule has 10 heteroatoms. The van der Waals surface area contributed by atoms with Gasteiger partial charge in [-0.2, -0.15) is 0 Å². The number of carbonyl (C=O) groups excluding carboxylic acids is 1. The van der Waals surface area contributed by atoms with Crippen molar-refractivity contribution in [3.63, 3.8) is 0 Å². The fraction of sp³-hybridized carbons (Fsp3) is 0.933. The number of esters is 1. The Morgan fingerprint density at radius 3 is 2.20 bits per heavy atom. The smallest absolute Gasteiger partial charge is 0.315 e. The number of hydrogen-bond donors (Lipinski definition) is 0. The van der Waals surface area contributed by atoms with E-state index in [1.807, 2.05) is 13.1 Å².